The molecule has 0 unspecified atom stereocenters. The second-order valence-electron chi connectivity index (χ2n) is 3.66. The van der Waals surface area contributed by atoms with Crippen LogP contribution in [0.25, 0.3) is 0 Å². The van der Waals surface area contributed by atoms with Crippen LogP contribution in [0.15, 0.2) is 0 Å². The number of ether oxygens (including phenoxy) is 1. The fraction of sp³-hybridized carbons (Fsp3) is 0.900. The van der Waals surface area contributed by atoms with Gasteiger partial charge in [0.2, 0.25) is 0 Å². The molecule has 0 atom stereocenters. The molecule has 6 heteroatoms. The van der Waals surface area contributed by atoms with E-state index in [1.807, 2.05) is 11.8 Å². The number of nitrogens with zero attached hydrogens (tertiary/aromatic N) is 1. The van der Waals surface area contributed by atoms with Crippen molar-refractivity contribution in [1.29, 1.82) is 0 Å². The van der Waals surface area contributed by atoms with E-state index in [-0.39, 0.29) is 18.3 Å². The van der Waals surface area contributed by atoms with Gasteiger partial charge in [0, 0.05) is 6.26 Å². The van der Waals surface area contributed by atoms with E-state index in [4.69, 9.17) is 4.74 Å². The number of rotatable bonds is 8. The van der Waals surface area contributed by atoms with Crippen LogP contribution in [-0.4, -0.2) is 57.5 Å². The smallest absolute Gasteiger partial charge is 0.320 e. The lowest BCUT2D eigenvalue weighted by Gasteiger charge is -2.18. The number of hydrogen-bond acceptors (Lipinski definition) is 5. The van der Waals surface area contributed by atoms with E-state index in [0.29, 0.717) is 26.1 Å². The third kappa shape index (κ3) is 8.67. The third-order valence-electron chi connectivity index (χ3n) is 2.09. The summed E-state index contributed by atoms with van der Waals surface area (Å²) in [5, 5.41) is 0. The van der Waals surface area contributed by atoms with Gasteiger partial charge in [-0.1, -0.05) is 6.92 Å². The highest BCUT2D eigenvalue weighted by Gasteiger charge is 2.10. The average molecular weight is 251 g/mol. The molecule has 0 spiro atoms. The van der Waals surface area contributed by atoms with Gasteiger partial charge in [0.05, 0.1) is 18.9 Å². The first-order valence-electron chi connectivity index (χ1n) is 5.44. The Kier molecular flexibility index (Phi) is 7.33. The Bertz CT molecular complexity index is 300. The fourth-order valence-corrected chi connectivity index (χ4v) is 1.94. The molecular formula is C10H21NO4S. The van der Waals surface area contributed by atoms with Gasteiger partial charge < -0.3 is 4.74 Å². The first-order chi connectivity index (χ1) is 7.39. The maximum absolute atomic E-state index is 11.2. The van der Waals surface area contributed by atoms with Gasteiger partial charge in [0.1, 0.15) is 9.84 Å². The topological polar surface area (TPSA) is 63.7 Å². The minimum atomic E-state index is -2.91. The first-order valence-corrected chi connectivity index (χ1v) is 7.50. The van der Waals surface area contributed by atoms with Crippen molar-refractivity contribution in [1.82, 2.24) is 4.90 Å². The van der Waals surface area contributed by atoms with Gasteiger partial charge in [-0.2, -0.15) is 0 Å². The van der Waals surface area contributed by atoms with Crippen LogP contribution in [0.1, 0.15) is 20.3 Å². The molecule has 16 heavy (non-hydrogen) atoms. The van der Waals surface area contributed by atoms with Crippen LogP contribution >= 0.6 is 0 Å². The van der Waals surface area contributed by atoms with Gasteiger partial charge in [-0.05, 0) is 26.4 Å². The normalized spacial score (nSPS) is 11.8. The SMILES string of the molecule is CCOC(=O)CN(CC)CCCS(C)(=O)=O. The largest absolute Gasteiger partial charge is 0.465 e. The van der Waals surface area contributed by atoms with E-state index in [9.17, 15) is 13.2 Å². The Balaban J connectivity index is 3.88. The molecule has 0 aliphatic carbocycles. The van der Waals surface area contributed by atoms with Crippen molar-refractivity contribution in [3.8, 4) is 0 Å². The summed E-state index contributed by atoms with van der Waals surface area (Å²) in [6.07, 6.45) is 1.76. The summed E-state index contributed by atoms with van der Waals surface area (Å²) in [4.78, 5) is 13.1. The molecule has 0 aliphatic rings. The molecule has 0 aromatic heterocycles. The summed E-state index contributed by atoms with van der Waals surface area (Å²) in [6, 6.07) is 0. The molecule has 0 amide bonds. The molecular weight excluding hydrogens is 230 g/mol. The van der Waals surface area contributed by atoms with Crippen molar-refractivity contribution in [2.75, 3.05) is 38.2 Å². The van der Waals surface area contributed by atoms with E-state index in [1.165, 1.54) is 6.26 Å². The van der Waals surface area contributed by atoms with Gasteiger partial charge in [0.15, 0.2) is 0 Å². The van der Waals surface area contributed by atoms with E-state index in [1.54, 1.807) is 6.92 Å². The molecule has 0 saturated carbocycles. The van der Waals surface area contributed by atoms with Crippen LogP contribution < -0.4 is 0 Å². The molecule has 0 saturated heterocycles. The molecule has 0 radical (unpaired) electrons. The van der Waals surface area contributed by atoms with E-state index >= 15 is 0 Å². The lowest BCUT2D eigenvalue weighted by atomic mass is 10.4. The molecule has 0 aromatic carbocycles. The molecule has 0 fully saturated rings. The third-order valence-corrected chi connectivity index (χ3v) is 3.12. The zero-order valence-electron chi connectivity index (χ0n) is 10.2. The molecule has 96 valence electrons. The fourth-order valence-electron chi connectivity index (χ4n) is 1.29. The molecule has 0 N–H and O–H groups in total. The number of esters is 1. The zero-order valence-corrected chi connectivity index (χ0v) is 11.0. The summed E-state index contributed by atoms with van der Waals surface area (Å²) in [5.41, 5.74) is 0. The van der Waals surface area contributed by atoms with Gasteiger partial charge in [-0.15, -0.1) is 0 Å². The Morgan fingerprint density at radius 1 is 1.31 bits per heavy atom. The van der Waals surface area contributed by atoms with Gasteiger partial charge in [-0.3, -0.25) is 9.69 Å². The highest BCUT2D eigenvalue weighted by atomic mass is 32.2. The quantitative estimate of drug-likeness (QED) is 0.581. The van der Waals surface area contributed by atoms with Crippen molar-refractivity contribution in [2.45, 2.75) is 20.3 Å². The second-order valence-corrected chi connectivity index (χ2v) is 5.92. The molecule has 0 bridgehead atoms. The summed E-state index contributed by atoms with van der Waals surface area (Å²) in [6.45, 7) is 5.61. The Labute approximate surface area is 97.7 Å². The minimum Gasteiger partial charge on any atom is -0.465 e. The first kappa shape index (κ1) is 15.4. The van der Waals surface area contributed by atoms with Crippen LogP contribution in [-0.2, 0) is 19.4 Å². The standard InChI is InChI=1S/C10H21NO4S/c1-4-11(9-10(12)15-5-2)7-6-8-16(3,13)14/h4-9H2,1-3H3. The molecule has 0 aromatic rings. The summed E-state index contributed by atoms with van der Waals surface area (Å²) >= 11 is 0. The van der Waals surface area contributed by atoms with Gasteiger partial charge in [0.25, 0.3) is 0 Å². The maximum Gasteiger partial charge on any atom is 0.320 e. The second kappa shape index (κ2) is 7.62. The summed E-state index contributed by atoms with van der Waals surface area (Å²) in [5.74, 6) is -0.101. The highest BCUT2D eigenvalue weighted by Crippen LogP contribution is 1.96. The van der Waals surface area contributed by atoms with Crippen molar-refractivity contribution >= 4 is 15.8 Å². The molecule has 5 nitrogen and oxygen atoms in total. The average Bonchev–Trinajstić information content (AvgIpc) is 2.14. The molecule has 0 heterocycles. The summed E-state index contributed by atoms with van der Waals surface area (Å²) < 4.78 is 26.7. The van der Waals surface area contributed by atoms with Crippen LogP contribution in [0.4, 0.5) is 0 Å². The van der Waals surface area contributed by atoms with Crippen LogP contribution in [0, 0.1) is 0 Å². The van der Waals surface area contributed by atoms with Crippen molar-refractivity contribution in [3.63, 3.8) is 0 Å². The van der Waals surface area contributed by atoms with Crippen LogP contribution in [0.3, 0.4) is 0 Å². The van der Waals surface area contributed by atoms with E-state index in [2.05, 4.69) is 0 Å². The number of carbonyl (C=O) groups excluding carboxylic acids is 1. The Morgan fingerprint density at radius 2 is 1.94 bits per heavy atom. The van der Waals surface area contributed by atoms with Gasteiger partial charge >= 0.3 is 5.97 Å². The van der Waals surface area contributed by atoms with Crippen molar-refractivity contribution in [3.05, 3.63) is 0 Å². The van der Waals surface area contributed by atoms with E-state index in [0.717, 1.165) is 0 Å². The lowest BCUT2D eigenvalue weighted by Crippen LogP contribution is -2.32. The molecule has 0 aliphatic heterocycles. The number of likely N-dealkylation sites (N-methyl/N-ethyl adjacent to an activating group) is 1. The minimum absolute atomic E-state index is 0.159. The predicted molar refractivity (Wildman–Crippen MR) is 63.1 cm³/mol. The van der Waals surface area contributed by atoms with Crippen LogP contribution in [0.2, 0.25) is 0 Å². The van der Waals surface area contributed by atoms with Crippen molar-refractivity contribution in [2.24, 2.45) is 0 Å². The predicted octanol–water partition coefficient (Wildman–Crippen LogP) is 0.306. The van der Waals surface area contributed by atoms with E-state index < -0.39 is 9.84 Å². The zero-order chi connectivity index (χ0) is 12.6. The Hall–Kier alpha value is -0.620. The summed E-state index contributed by atoms with van der Waals surface area (Å²) in [7, 11) is -2.91. The number of sulfone groups is 1. The maximum atomic E-state index is 11.2. The molecule has 0 rings (SSSR count). The Morgan fingerprint density at radius 3 is 2.38 bits per heavy atom. The number of carbonyl (C=O) groups is 1. The monoisotopic (exact) mass is 251 g/mol. The number of hydrogen-bond donors (Lipinski definition) is 0. The highest BCUT2D eigenvalue weighted by molar-refractivity contribution is 7.90. The van der Waals surface area contributed by atoms with Crippen LogP contribution in [0.5, 0.6) is 0 Å². The lowest BCUT2D eigenvalue weighted by molar-refractivity contribution is -0.144. The van der Waals surface area contributed by atoms with Gasteiger partial charge in [-0.25, -0.2) is 8.42 Å². The van der Waals surface area contributed by atoms with Crippen molar-refractivity contribution < 1.29 is 17.9 Å².